The van der Waals surface area contributed by atoms with Crippen LogP contribution in [-0.4, -0.2) is 38.4 Å². The van der Waals surface area contributed by atoms with Gasteiger partial charge in [-0.25, -0.2) is 0 Å². The Balaban J connectivity index is 1.54. The number of fused-ring (bicyclic) bond motifs is 3. The molecular formula is C18H19N5O3S. The average molecular weight is 385 g/mol. The fourth-order valence-electron chi connectivity index (χ4n) is 3.31. The van der Waals surface area contributed by atoms with Crippen LogP contribution in [0, 0.1) is 0 Å². The molecule has 0 fully saturated rings. The topological polar surface area (TPSA) is 101 Å². The second-order valence-electron chi connectivity index (χ2n) is 6.27. The van der Waals surface area contributed by atoms with Crippen LogP contribution >= 0.6 is 11.8 Å². The first-order valence-corrected chi connectivity index (χ1v) is 9.71. The number of carbonyl (C=O) groups is 1. The highest BCUT2D eigenvalue weighted by Crippen LogP contribution is 2.25. The van der Waals surface area contributed by atoms with Crippen LogP contribution in [0.15, 0.2) is 34.2 Å². The Morgan fingerprint density at radius 2 is 2.11 bits per heavy atom. The van der Waals surface area contributed by atoms with Gasteiger partial charge in [-0.1, -0.05) is 23.9 Å². The number of aromatic amines is 1. The molecule has 1 amide bonds. The second-order valence-corrected chi connectivity index (χ2v) is 7.21. The van der Waals surface area contributed by atoms with E-state index < -0.39 is 0 Å². The van der Waals surface area contributed by atoms with Crippen molar-refractivity contribution in [3.8, 4) is 5.75 Å². The maximum Gasteiger partial charge on any atom is 0.255 e. The molecule has 2 N–H and O–H groups in total. The average Bonchev–Trinajstić information content (AvgIpc) is 3.10. The lowest BCUT2D eigenvalue weighted by Crippen LogP contribution is -2.23. The minimum absolute atomic E-state index is 0.0879. The molecule has 0 aliphatic heterocycles. The van der Waals surface area contributed by atoms with E-state index in [1.807, 2.05) is 16.5 Å². The van der Waals surface area contributed by atoms with Gasteiger partial charge in [-0.2, -0.15) is 0 Å². The predicted octanol–water partition coefficient (Wildman–Crippen LogP) is 2.04. The lowest BCUT2D eigenvalue weighted by Gasteiger charge is -2.16. The number of rotatable bonds is 5. The number of aromatic nitrogens is 4. The van der Waals surface area contributed by atoms with E-state index >= 15 is 0 Å². The number of H-pyrrole nitrogens is 1. The largest absolute Gasteiger partial charge is 0.495 e. The van der Waals surface area contributed by atoms with Gasteiger partial charge in [0.2, 0.25) is 11.7 Å². The van der Waals surface area contributed by atoms with Crippen LogP contribution in [0.2, 0.25) is 0 Å². The van der Waals surface area contributed by atoms with Crippen LogP contribution in [0.25, 0.3) is 5.78 Å². The van der Waals surface area contributed by atoms with Gasteiger partial charge in [0.05, 0.1) is 18.6 Å². The lowest BCUT2D eigenvalue weighted by atomic mass is 9.97. The number of anilines is 1. The Morgan fingerprint density at radius 1 is 1.30 bits per heavy atom. The monoisotopic (exact) mass is 385 g/mol. The van der Waals surface area contributed by atoms with Gasteiger partial charge < -0.3 is 10.1 Å². The maximum atomic E-state index is 12.4. The summed E-state index contributed by atoms with van der Waals surface area (Å²) >= 11 is 1.29. The van der Waals surface area contributed by atoms with Crippen molar-refractivity contribution in [2.45, 2.75) is 30.8 Å². The number of methoxy groups -OCH3 is 1. The number of hydrogen-bond acceptors (Lipinski definition) is 6. The van der Waals surface area contributed by atoms with Crippen molar-refractivity contribution in [3.05, 3.63) is 45.9 Å². The normalized spacial score (nSPS) is 13.4. The van der Waals surface area contributed by atoms with Crippen molar-refractivity contribution in [2.24, 2.45) is 0 Å². The fourth-order valence-corrected chi connectivity index (χ4v) is 4.07. The molecule has 0 saturated carbocycles. The summed E-state index contributed by atoms with van der Waals surface area (Å²) < 4.78 is 7.12. The van der Waals surface area contributed by atoms with E-state index in [1.54, 1.807) is 19.2 Å². The highest BCUT2D eigenvalue weighted by molar-refractivity contribution is 7.99. The Morgan fingerprint density at radius 3 is 2.96 bits per heavy atom. The number of amides is 1. The number of nitrogens with one attached hydrogen (secondary N) is 2. The van der Waals surface area contributed by atoms with Crippen LogP contribution < -0.4 is 15.6 Å². The van der Waals surface area contributed by atoms with E-state index in [-0.39, 0.29) is 17.2 Å². The number of nitrogens with zero attached hydrogens (tertiary/aromatic N) is 3. The molecule has 0 spiro atoms. The van der Waals surface area contributed by atoms with Crippen LogP contribution in [0.4, 0.5) is 5.69 Å². The molecule has 27 heavy (non-hydrogen) atoms. The molecule has 8 nitrogen and oxygen atoms in total. The minimum Gasteiger partial charge on any atom is -0.495 e. The summed E-state index contributed by atoms with van der Waals surface area (Å²) in [4.78, 5) is 27.3. The Labute approximate surface area is 159 Å². The Hall–Kier alpha value is -2.81. The molecule has 140 valence electrons. The van der Waals surface area contributed by atoms with Crippen molar-refractivity contribution in [2.75, 3.05) is 18.2 Å². The first-order chi connectivity index (χ1) is 13.2. The number of benzene rings is 1. The summed E-state index contributed by atoms with van der Waals surface area (Å²) in [7, 11) is 1.56. The SMILES string of the molecule is COc1ccccc1NC(=O)CSc1nnc2[nH]c(=O)c3c(n12)CCCC3. The zero-order chi connectivity index (χ0) is 18.8. The van der Waals surface area contributed by atoms with Gasteiger partial charge in [0.25, 0.3) is 5.56 Å². The lowest BCUT2D eigenvalue weighted by molar-refractivity contribution is -0.113. The van der Waals surface area contributed by atoms with E-state index in [1.165, 1.54) is 11.8 Å². The van der Waals surface area contributed by atoms with E-state index in [4.69, 9.17) is 4.74 Å². The summed E-state index contributed by atoms with van der Waals surface area (Å²) in [6, 6.07) is 7.25. The molecule has 0 atom stereocenters. The summed E-state index contributed by atoms with van der Waals surface area (Å²) in [5, 5.41) is 11.7. The van der Waals surface area contributed by atoms with Crippen molar-refractivity contribution in [3.63, 3.8) is 0 Å². The first-order valence-electron chi connectivity index (χ1n) is 8.72. The van der Waals surface area contributed by atoms with Crippen molar-refractivity contribution in [1.82, 2.24) is 19.6 Å². The number of para-hydroxylation sites is 2. The molecule has 9 heteroatoms. The number of thioether (sulfide) groups is 1. The van der Waals surface area contributed by atoms with Crippen LogP contribution in [-0.2, 0) is 17.6 Å². The highest BCUT2D eigenvalue weighted by Gasteiger charge is 2.20. The Kier molecular flexibility index (Phi) is 4.85. The van der Waals surface area contributed by atoms with Gasteiger partial charge in [0, 0.05) is 11.3 Å². The molecule has 0 unspecified atom stereocenters. The van der Waals surface area contributed by atoms with Gasteiger partial charge in [-0.3, -0.25) is 19.0 Å². The van der Waals surface area contributed by atoms with Crippen molar-refractivity contribution in [1.29, 1.82) is 0 Å². The van der Waals surface area contributed by atoms with Crippen LogP contribution in [0.5, 0.6) is 5.75 Å². The predicted molar refractivity (Wildman–Crippen MR) is 103 cm³/mol. The molecule has 0 saturated heterocycles. The zero-order valence-electron chi connectivity index (χ0n) is 14.8. The number of carbonyl (C=O) groups excluding carboxylic acids is 1. The van der Waals surface area contributed by atoms with Crippen LogP contribution in [0.3, 0.4) is 0 Å². The standard InChI is InChI=1S/C18H19N5O3S/c1-26-14-9-5-3-7-12(14)19-15(24)10-27-18-22-21-17-20-16(25)11-6-2-4-8-13(11)23(17)18/h3,5,7,9H,2,4,6,8,10H2,1H3,(H,19,24)(H,20,21,25). The summed E-state index contributed by atoms with van der Waals surface area (Å²) in [6.07, 6.45) is 3.61. The zero-order valence-corrected chi connectivity index (χ0v) is 15.6. The van der Waals surface area contributed by atoms with E-state index in [2.05, 4.69) is 20.5 Å². The third-order valence-corrected chi connectivity index (χ3v) is 5.48. The van der Waals surface area contributed by atoms with Gasteiger partial charge >= 0.3 is 0 Å². The number of hydrogen-bond donors (Lipinski definition) is 2. The molecule has 1 aliphatic carbocycles. The van der Waals surface area contributed by atoms with Crippen molar-refractivity contribution >= 4 is 29.1 Å². The molecule has 2 aromatic heterocycles. The molecular weight excluding hydrogens is 366 g/mol. The third-order valence-electron chi connectivity index (χ3n) is 4.55. The number of aryl methyl sites for hydroxylation is 1. The Bertz CT molecular complexity index is 1060. The smallest absolute Gasteiger partial charge is 0.255 e. The van der Waals surface area contributed by atoms with Crippen molar-refractivity contribution < 1.29 is 9.53 Å². The molecule has 1 aliphatic rings. The molecule has 3 aromatic rings. The van der Waals surface area contributed by atoms with E-state index in [0.29, 0.717) is 22.4 Å². The highest BCUT2D eigenvalue weighted by atomic mass is 32.2. The number of ether oxygens (including phenoxy) is 1. The molecule has 1 aromatic carbocycles. The fraction of sp³-hybridized carbons (Fsp3) is 0.333. The van der Waals surface area contributed by atoms with Gasteiger partial charge in [-0.05, 0) is 37.8 Å². The van der Waals surface area contributed by atoms with Gasteiger partial charge in [-0.15, -0.1) is 10.2 Å². The quantitative estimate of drug-likeness (QED) is 0.652. The van der Waals surface area contributed by atoms with Crippen LogP contribution in [0.1, 0.15) is 24.1 Å². The molecule has 0 bridgehead atoms. The summed E-state index contributed by atoms with van der Waals surface area (Å²) in [5.41, 5.74) is 2.29. The third kappa shape index (κ3) is 3.42. The summed E-state index contributed by atoms with van der Waals surface area (Å²) in [6.45, 7) is 0. The maximum absolute atomic E-state index is 12.4. The molecule has 0 radical (unpaired) electrons. The van der Waals surface area contributed by atoms with E-state index in [9.17, 15) is 9.59 Å². The molecule has 4 rings (SSSR count). The van der Waals surface area contributed by atoms with Gasteiger partial charge in [0.15, 0.2) is 5.16 Å². The molecule has 2 heterocycles. The summed E-state index contributed by atoms with van der Waals surface area (Å²) in [5.74, 6) is 1.04. The van der Waals surface area contributed by atoms with E-state index in [0.717, 1.165) is 36.9 Å². The minimum atomic E-state index is -0.167. The second kappa shape index (κ2) is 7.43. The first kappa shape index (κ1) is 17.6. The van der Waals surface area contributed by atoms with Gasteiger partial charge in [0.1, 0.15) is 5.75 Å².